The maximum Gasteiger partial charge on any atom is 0.222 e. The molecule has 0 radical (unpaired) electrons. The molecular weight excluding hydrogens is 206 g/mol. The van der Waals surface area contributed by atoms with Gasteiger partial charge in [0.2, 0.25) is 5.91 Å². The van der Waals surface area contributed by atoms with Crippen molar-refractivity contribution in [1.29, 1.82) is 0 Å². The summed E-state index contributed by atoms with van der Waals surface area (Å²) in [4.78, 5) is 13.3. The summed E-state index contributed by atoms with van der Waals surface area (Å²) in [5, 5.41) is 9.64. The Morgan fingerprint density at radius 2 is 1.93 bits per heavy atom. The van der Waals surface area contributed by atoms with Gasteiger partial charge in [-0.1, -0.05) is 33.0 Å². The van der Waals surface area contributed by atoms with Crippen LogP contribution in [0.4, 0.5) is 0 Å². The number of nitrogens with zero attached hydrogens (tertiary/aromatic N) is 1. The number of aliphatic hydroxyl groups excluding tert-OH is 1. The summed E-state index contributed by atoms with van der Waals surface area (Å²) in [5.74, 6) is 0.371. The highest BCUT2D eigenvalue weighted by atomic mass is 28.3. The average Bonchev–Trinajstić information content (AvgIpc) is 2.13. The monoisotopic (exact) mass is 231 g/mol. The minimum Gasteiger partial charge on any atom is -0.391 e. The minimum atomic E-state index is -0.633. The summed E-state index contributed by atoms with van der Waals surface area (Å²) >= 11 is 0. The molecule has 0 fully saturated rings. The van der Waals surface area contributed by atoms with E-state index in [1.165, 1.54) is 0 Å². The Kier molecular flexibility index (Phi) is 6.84. The molecule has 1 atom stereocenters. The number of hydrogen-bond acceptors (Lipinski definition) is 2. The SMILES string of the molecule is CC(C)C(O)CN(C)C(=O)CC[SiH](C)C. The quantitative estimate of drug-likeness (QED) is 0.701. The fourth-order valence-electron chi connectivity index (χ4n) is 1.20. The third kappa shape index (κ3) is 6.68. The van der Waals surface area contributed by atoms with Crippen LogP contribution in [0.15, 0.2) is 0 Å². The molecule has 4 heteroatoms. The molecular formula is C11H25NO2Si. The number of aliphatic hydroxyl groups is 1. The first-order valence-corrected chi connectivity index (χ1v) is 8.89. The van der Waals surface area contributed by atoms with E-state index in [1.54, 1.807) is 11.9 Å². The third-order valence-corrected chi connectivity index (χ3v) is 4.04. The number of amides is 1. The van der Waals surface area contributed by atoms with Crippen molar-refractivity contribution in [3.63, 3.8) is 0 Å². The van der Waals surface area contributed by atoms with Crippen molar-refractivity contribution in [2.45, 2.75) is 45.5 Å². The van der Waals surface area contributed by atoms with Crippen molar-refractivity contribution in [1.82, 2.24) is 4.90 Å². The van der Waals surface area contributed by atoms with E-state index in [4.69, 9.17) is 0 Å². The van der Waals surface area contributed by atoms with Crippen LogP contribution in [-0.2, 0) is 4.79 Å². The van der Waals surface area contributed by atoms with Gasteiger partial charge in [-0.2, -0.15) is 0 Å². The molecule has 0 saturated heterocycles. The van der Waals surface area contributed by atoms with Gasteiger partial charge in [-0.25, -0.2) is 0 Å². The molecule has 0 aromatic heterocycles. The molecule has 15 heavy (non-hydrogen) atoms. The van der Waals surface area contributed by atoms with E-state index in [0.29, 0.717) is 13.0 Å². The van der Waals surface area contributed by atoms with Gasteiger partial charge in [0.05, 0.1) is 6.10 Å². The molecule has 0 aliphatic carbocycles. The zero-order chi connectivity index (χ0) is 12.0. The lowest BCUT2D eigenvalue weighted by molar-refractivity contribution is -0.131. The van der Waals surface area contributed by atoms with E-state index in [-0.39, 0.29) is 11.8 Å². The molecule has 0 rings (SSSR count). The number of hydrogen-bond donors (Lipinski definition) is 1. The second kappa shape index (κ2) is 7.01. The lowest BCUT2D eigenvalue weighted by atomic mass is 10.1. The highest BCUT2D eigenvalue weighted by Gasteiger charge is 2.16. The molecule has 0 saturated carbocycles. The van der Waals surface area contributed by atoms with Crippen molar-refractivity contribution in [3.8, 4) is 0 Å². The Balaban J connectivity index is 3.88. The number of likely N-dealkylation sites (N-methyl/N-ethyl adjacent to an activating group) is 1. The predicted molar refractivity (Wildman–Crippen MR) is 66.8 cm³/mol. The van der Waals surface area contributed by atoms with Gasteiger partial charge in [0, 0.05) is 28.8 Å². The van der Waals surface area contributed by atoms with Crippen molar-refractivity contribution in [2.24, 2.45) is 5.92 Å². The average molecular weight is 231 g/mol. The molecule has 0 spiro atoms. The van der Waals surface area contributed by atoms with Crippen LogP contribution in [0, 0.1) is 5.92 Å². The van der Waals surface area contributed by atoms with Crippen molar-refractivity contribution in [3.05, 3.63) is 0 Å². The smallest absolute Gasteiger partial charge is 0.222 e. The predicted octanol–water partition coefficient (Wildman–Crippen LogP) is 1.34. The molecule has 0 aromatic rings. The number of carbonyl (C=O) groups excluding carboxylic acids is 1. The van der Waals surface area contributed by atoms with Gasteiger partial charge < -0.3 is 10.0 Å². The fourth-order valence-corrected chi connectivity index (χ4v) is 2.02. The lowest BCUT2D eigenvalue weighted by Gasteiger charge is -2.23. The van der Waals surface area contributed by atoms with Gasteiger partial charge in [-0.15, -0.1) is 0 Å². The van der Waals surface area contributed by atoms with Gasteiger partial charge in [0.15, 0.2) is 0 Å². The van der Waals surface area contributed by atoms with Crippen LogP contribution in [0.3, 0.4) is 0 Å². The molecule has 1 amide bonds. The van der Waals surface area contributed by atoms with E-state index < -0.39 is 14.9 Å². The Morgan fingerprint density at radius 3 is 2.33 bits per heavy atom. The van der Waals surface area contributed by atoms with E-state index in [0.717, 1.165) is 6.04 Å². The second-order valence-electron chi connectivity index (χ2n) is 5.02. The molecule has 1 N–H and O–H groups in total. The molecule has 0 aliphatic rings. The zero-order valence-corrected chi connectivity index (χ0v) is 11.8. The first kappa shape index (κ1) is 14.6. The maximum atomic E-state index is 11.6. The van der Waals surface area contributed by atoms with Gasteiger partial charge in [0.1, 0.15) is 0 Å². The van der Waals surface area contributed by atoms with E-state index in [1.807, 2.05) is 13.8 Å². The van der Waals surface area contributed by atoms with Crippen LogP contribution in [0.5, 0.6) is 0 Å². The highest BCUT2D eigenvalue weighted by Crippen LogP contribution is 2.05. The van der Waals surface area contributed by atoms with Crippen LogP contribution in [0.25, 0.3) is 0 Å². The van der Waals surface area contributed by atoms with Crippen molar-refractivity contribution < 1.29 is 9.90 Å². The first-order valence-electron chi connectivity index (χ1n) is 5.76. The normalized spacial score (nSPS) is 13.3. The van der Waals surface area contributed by atoms with Gasteiger partial charge in [0.25, 0.3) is 0 Å². The summed E-state index contributed by atoms with van der Waals surface area (Å²) < 4.78 is 0. The summed E-state index contributed by atoms with van der Waals surface area (Å²) in [5.41, 5.74) is 0. The summed E-state index contributed by atoms with van der Waals surface area (Å²) in [7, 11) is 1.14. The van der Waals surface area contributed by atoms with E-state index >= 15 is 0 Å². The molecule has 0 bridgehead atoms. The van der Waals surface area contributed by atoms with Crippen LogP contribution < -0.4 is 0 Å². The van der Waals surface area contributed by atoms with Crippen molar-refractivity contribution in [2.75, 3.05) is 13.6 Å². The Morgan fingerprint density at radius 1 is 1.40 bits per heavy atom. The van der Waals surface area contributed by atoms with E-state index in [2.05, 4.69) is 13.1 Å². The summed E-state index contributed by atoms with van der Waals surface area (Å²) in [6.07, 6.45) is 0.237. The third-order valence-electron chi connectivity index (χ3n) is 2.59. The standard InChI is InChI=1S/C11H25NO2Si/c1-9(2)10(13)8-12(3)11(14)6-7-15(4)5/h9-10,13,15H,6-8H2,1-5H3. The van der Waals surface area contributed by atoms with Crippen LogP contribution in [0.1, 0.15) is 20.3 Å². The second-order valence-corrected chi connectivity index (χ2v) is 8.38. The Labute approximate surface area is 95.1 Å². The molecule has 0 heterocycles. The highest BCUT2D eigenvalue weighted by molar-refractivity contribution is 6.55. The molecule has 90 valence electrons. The van der Waals surface area contributed by atoms with Crippen LogP contribution in [0.2, 0.25) is 19.1 Å². The van der Waals surface area contributed by atoms with Crippen LogP contribution >= 0.6 is 0 Å². The first-order chi connectivity index (χ1) is 6.84. The summed E-state index contributed by atoms with van der Waals surface area (Å²) in [6.45, 7) is 8.87. The Bertz CT molecular complexity index is 195. The van der Waals surface area contributed by atoms with Gasteiger partial charge >= 0.3 is 0 Å². The number of carbonyl (C=O) groups is 1. The van der Waals surface area contributed by atoms with Crippen molar-refractivity contribution >= 4 is 14.7 Å². The van der Waals surface area contributed by atoms with Gasteiger partial charge in [-0.3, -0.25) is 4.79 Å². The zero-order valence-electron chi connectivity index (χ0n) is 10.7. The van der Waals surface area contributed by atoms with E-state index in [9.17, 15) is 9.90 Å². The topological polar surface area (TPSA) is 40.5 Å². The molecule has 1 unspecified atom stereocenters. The van der Waals surface area contributed by atoms with Crippen LogP contribution in [-0.4, -0.2) is 44.4 Å². The fraction of sp³-hybridized carbons (Fsp3) is 0.909. The largest absolute Gasteiger partial charge is 0.391 e. The number of rotatable bonds is 6. The summed E-state index contributed by atoms with van der Waals surface area (Å²) in [6, 6.07) is 1.06. The maximum absolute atomic E-state index is 11.6. The molecule has 0 aromatic carbocycles. The molecule has 0 aliphatic heterocycles. The van der Waals surface area contributed by atoms with Gasteiger partial charge in [-0.05, 0) is 5.92 Å². The minimum absolute atomic E-state index is 0.163. The lowest BCUT2D eigenvalue weighted by Crippen LogP contribution is -2.36. The Hall–Kier alpha value is -0.353. The molecule has 3 nitrogen and oxygen atoms in total.